The van der Waals surface area contributed by atoms with Crippen molar-refractivity contribution in [2.75, 3.05) is 11.5 Å². The fourth-order valence-corrected chi connectivity index (χ4v) is 3.14. The number of rotatable bonds is 3. The molecular weight excluding hydrogens is 302 g/mol. The lowest BCUT2D eigenvalue weighted by molar-refractivity contribution is -0.138. The molecule has 1 unspecified atom stereocenters. The molecule has 0 radical (unpaired) electrons. The van der Waals surface area contributed by atoms with E-state index < -0.39 is 0 Å². The number of fused-ring (bicyclic) bond motifs is 1. The second kappa shape index (κ2) is 6.48. The molecule has 0 spiro atoms. The predicted octanol–water partition coefficient (Wildman–Crippen LogP) is 3.76. The van der Waals surface area contributed by atoms with Crippen molar-refractivity contribution in [3.63, 3.8) is 0 Å². The van der Waals surface area contributed by atoms with Crippen molar-refractivity contribution < 1.29 is 14.3 Å². The van der Waals surface area contributed by atoms with Crippen molar-refractivity contribution in [2.45, 2.75) is 27.2 Å². The molecule has 0 N–H and O–H groups in total. The Morgan fingerprint density at radius 1 is 1.29 bits per heavy atom. The molecule has 1 aliphatic heterocycles. The summed E-state index contributed by atoms with van der Waals surface area (Å²) in [6.45, 7) is 5.90. The number of para-hydroxylation sites is 1. The Hall–Kier alpha value is -2.62. The number of carbonyl (C=O) groups excluding carboxylic acids is 2. The van der Waals surface area contributed by atoms with Gasteiger partial charge < -0.3 is 9.64 Å². The second-order valence-corrected chi connectivity index (χ2v) is 6.05. The normalized spacial score (nSPS) is 20.4. The van der Waals surface area contributed by atoms with Gasteiger partial charge in [0, 0.05) is 29.9 Å². The van der Waals surface area contributed by atoms with Crippen LogP contribution in [0.4, 0.5) is 5.69 Å². The summed E-state index contributed by atoms with van der Waals surface area (Å²) in [7, 11) is 0. The molecule has 0 saturated carbocycles. The molecule has 4 heteroatoms. The number of esters is 1. The largest absolute Gasteiger partial charge is 0.462 e. The smallest absolute Gasteiger partial charge is 0.340 e. The molecule has 1 aromatic rings. The van der Waals surface area contributed by atoms with Gasteiger partial charge in [0.2, 0.25) is 0 Å². The number of ketones is 1. The second-order valence-electron chi connectivity index (χ2n) is 6.05. The van der Waals surface area contributed by atoms with Crippen LogP contribution in [0.5, 0.6) is 0 Å². The fraction of sp³-hybridized carbons (Fsp3) is 0.300. The van der Waals surface area contributed by atoms with Gasteiger partial charge in [-0.15, -0.1) is 0 Å². The third kappa shape index (κ3) is 2.80. The number of hydrogen-bond donors (Lipinski definition) is 0. The van der Waals surface area contributed by atoms with E-state index in [-0.39, 0.29) is 17.7 Å². The predicted molar refractivity (Wildman–Crippen MR) is 93.2 cm³/mol. The van der Waals surface area contributed by atoms with Crippen LogP contribution in [0.2, 0.25) is 0 Å². The minimum Gasteiger partial charge on any atom is -0.462 e. The van der Waals surface area contributed by atoms with Crippen LogP contribution < -0.4 is 4.90 Å². The van der Waals surface area contributed by atoms with Gasteiger partial charge in [0.1, 0.15) is 5.78 Å². The van der Waals surface area contributed by atoms with Gasteiger partial charge in [-0.05, 0) is 37.1 Å². The van der Waals surface area contributed by atoms with Crippen LogP contribution >= 0.6 is 0 Å². The summed E-state index contributed by atoms with van der Waals surface area (Å²) in [5.41, 5.74) is 4.03. The number of benzene rings is 1. The van der Waals surface area contributed by atoms with Gasteiger partial charge in [0.15, 0.2) is 0 Å². The molecule has 24 heavy (non-hydrogen) atoms. The molecule has 124 valence electrons. The first-order chi connectivity index (χ1) is 11.5. The highest BCUT2D eigenvalue weighted by Crippen LogP contribution is 2.39. The lowest BCUT2D eigenvalue weighted by Gasteiger charge is -2.33. The van der Waals surface area contributed by atoms with E-state index in [0.29, 0.717) is 18.6 Å². The Balaban J connectivity index is 2.15. The summed E-state index contributed by atoms with van der Waals surface area (Å²) in [4.78, 5) is 26.7. The molecule has 1 aliphatic carbocycles. The van der Waals surface area contributed by atoms with E-state index in [1.807, 2.05) is 61.4 Å². The minimum atomic E-state index is -0.339. The Kier molecular flexibility index (Phi) is 4.38. The summed E-state index contributed by atoms with van der Waals surface area (Å²) >= 11 is 0. The van der Waals surface area contributed by atoms with E-state index in [4.69, 9.17) is 4.74 Å². The highest BCUT2D eigenvalue weighted by molar-refractivity contribution is 6.00. The number of hydrogen-bond acceptors (Lipinski definition) is 4. The Labute approximate surface area is 142 Å². The summed E-state index contributed by atoms with van der Waals surface area (Å²) in [5.74, 6) is -0.354. The first kappa shape index (κ1) is 16.2. The molecule has 1 aromatic carbocycles. The quantitative estimate of drug-likeness (QED) is 0.795. The van der Waals surface area contributed by atoms with E-state index in [2.05, 4.69) is 0 Å². The van der Waals surface area contributed by atoms with E-state index in [1.54, 1.807) is 6.92 Å². The zero-order chi connectivity index (χ0) is 17.3. The third-order valence-corrected chi connectivity index (χ3v) is 4.43. The molecule has 0 bridgehead atoms. The molecule has 1 heterocycles. The monoisotopic (exact) mass is 323 g/mol. The van der Waals surface area contributed by atoms with Crippen LogP contribution in [0.25, 0.3) is 0 Å². The summed E-state index contributed by atoms with van der Waals surface area (Å²) in [6, 6.07) is 9.80. The maximum atomic E-state index is 12.6. The van der Waals surface area contributed by atoms with Crippen molar-refractivity contribution in [1.82, 2.24) is 0 Å². The van der Waals surface area contributed by atoms with Crippen molar-refractivity contribution in [3.8, 4) is 0 Å². The number of Topliss-reactive ketones (excluding diaryl/α,β-unsaturated/α-hetero) is 1. The highest BCUT2D eigenvalue weighted by Gasteiger charge is 2.33. The molecular formula is C20H21NO3. The van der Waals surface area contributed by atoms with Gasteiger partial charge in [-0.1, -0.05) is 31.2 Å². The van der Waals surface area contributed by atoms with Crippen LogP contribution in [0, 0.1) is 5.92 Å². The van der Waals surface area contributed by atoms with Crippen LogP contribution in [0.1, 0.15) is 27.2 Å². The zero-order valence-corrected chi connectivity index (χ0v) is 14.2. The van der Waals surface area contributed by atoms with E-state index in [1.165, 1.54) is 0 Å². The Bertz CT molecular complexity index is 771. The minimum absolute atomic E-state index is 0.167. The first-order valence-corrected chi connectivity index (χ1v) is 8.21. The van der Waals surface area contributed by atoms with Crippen LogP contribution in [0.15, 0.2) is 65.0 Å². The molecule has 0 aromatic heterocycles. The van der Waals surface area contributed by atoms with Gasteiger partial charge in [0.05, 0.1) is 12.2 Å². The molecule has 0 fully saturated rings. The lowest BCUT2D eigenvalue weighted by atomic mass is 9.81. The van der Waals surface area contributed by atoms with Crippen LogP contribution in [-0.4, -0.2) is 18.4 Å². The van der Waals surface area contributed by atoms with Gasteiger partial charge in [0.25, 0.3) is 0 Å². The van der Waals surface area contributed by atoms with Crippen molar-refractivity contribution in [3.05, 3.63) is 65.0 Å². The zero-order valence-electron chi connectivity index (χ0n) is 14.2. The molecule has 0 amide bonds. The summed E-state index contributed by atoms with van der Waals surface area (Å²) in [5, 5.41) is 0. The van der Waals surface area contributed by atoms with Gasteiger partial charge >= 0.3 is 5.97 Å². The van der Waals surface area contributed by atoms with Gasteiger partial charge in [-0.25, -0.2) is 4.79 Å². The van der Waals surface area contributed by atoms with Crippen LogP contribution in [0.3, 0.4) is 0 Å². The first-order valence-electron chi connectivity index (χ1n) is 8.21. The van der Waals surface area contributed by atoms with Gasteiger partial charge in [-0.3, -0.25) is 4.79 Å². The molecule has 2 aliphatic rings. The molecule has 4 nitrogen and oxygen atoms in total. The van der Waals surface area contributed by atoms with E-state index >= 15 is 0 Å². The molecule has 1 atom stereocenters. The topological polar surface area (TPSA) is 46.6 Å². The molecule has 0 saturated heterocycles. The standard InChI is InChI=1S/C20H21NO3/c1-4-24-20(23)19-14(3)21(16-8-6-5-7-9-16)12-15-11-18(22)13(2)10-17(15)19/h5-10,12-13H,4,11H2,1-3H3. The lowest BCUT2D eigenvalue weighted by Crippen LogP contribution is -2.29. The average Bonchev–Trinajstić information content (AvgIpc) is 2.57. The fourth-order valence-electron chi connectivity index (χ4n) is 3.14. The van der Waals surface area contributed by atoms with E-state index in [0.717, 1.165) is 22.5 Å². The highest BCUT2D eigenvalue weighted by atomic mass is 16.5. The number of carbonyl (C=O) groups is 2. The average molecular weight is 323 g/mol. The third-order valence-electron chi connectivity index (χ3n) is 4.43. The summed E-state index contributed by atoms with van der Waals surface area (Å²) < 4.78 is 5.27. The Morgan fingerprint density at radius 3 is 2.67 bits per heavy atom. The van der Waals surface area contributed by atoms with Gasteiger partial charge in [-0.2, -0.15) is 0 Å². The van der Waals surface area contributed by atoms with Crippen molar-refractivity contribution in [2.24, 2.45) is 5.92 Å². The van der Waals surface area contributed by atoms with E-state index in [9.17, 15) is 9.59 Å². The number of anilines is 1. The summed E-state index contributed by atoms with van der Waals surface area (Å²) in [6.07, 6.45) is 4.19. The molecule has 3 rings (SSSR count). The Morgan fingerprint density at radius 2 is 2.00 bits per heavy atom. The van der Waals surface area contributed by atoms with Crippen LogP contribution in [-0.2, 0) is 14.3 Å². The van der Waals surface area contributed by atoms with Crippen molar-refractivity contribution in [1.29, 1.82) is 0 Å². The maximum Gasteiger partial charge on any atom is 0.340 e. The number of nitrogens with zero attached hydrogens (tertiary/aromatic N) is 1. The number of ether oxygens (including phenoxy) is 1. The van der Waals surface area contributed by atoms with Crippen molar-refractivity contribution >= 4 is 17.4 Å². The maximum absolute atomic E-state index is 12.6. The SMILES string of the molecule is CCOC(=O)C1=C(C)N(c2ccccc2)C=C2CC(=O)C(C)C=C21. The number of allylic oxidation sites excluding steroid dienone is 3.